The van der Waals surface area contributed by atoms with Crippen molar-refractivity contribution in [2.45, 2.75) is 20.0 Å². The fourth-order valence-electron chi connectivity index (χ4n) is 2.55. The average Bonchev–Trinajstić information content (AvgIpc) is 2.52. The van der Waals surface area contributed by atoms with Crippen molar-refractivity contribution in [1.82, 2.24) is 0 Å². The van der Waals surface area contributed by atoms with Crippen LogP contribution in [0, 0.1) is 6.92 Å². The Labute approximate surface area is 133 Å². The Kier molecular flexibility index (Phi) is 5.45. The Balaban J connectivity index is 2.10. The number of rotatable bonds is 6. The first-order valence-corrected chi connectivity index (χ1v) is 7.78. The molecule has 0 heterocycles. The van der Waals surface area contributed by atoms with E-state index < -0.39 is 6.10 Å². The summed E-state index contributed by atoms with van der Waals surface area (Å²) in [4.78, 5) is 4.26. The molecule has 0 aromatic heterocycles. The SMILES string of the molecule is CCN(CC(O)c1ccc(N(C)C)cc1)c1cccc(C)c1. The van der Waals surface area contributed by atoms with Gasteiger partial charge in [-0.3, -0.25) is 0 Å². The molecule has 2 aromatic carbocycles. The zero-order chi connectivity index (χ0) is 16.1. The van der Waals surface area contributed by atoms with Gasteiger partial charge < -0.3 is 14.9 Å². The molecule has 0 radical (unpaired) electrons. The van der Waals surface area contributed by atoms with Gasteiger partial charge in [0.25, 0.3) is 0 Å². The van der Waals surface area contributed by atoms with E-state index in [9.17, 15) is 5.11 Å². The van der Waals surface area contributed by atoms with E-state index in [0.717, 1.165) is 23.5 Å². The Morgan fingerprint density at radius 2 is 1.68 bits per heavy atom. The number of anilines is 2. The highest BCUT2D eigenvalue weighted by atomic mass is 16.3. The van der Waals surface area contributed by atoms with Crippen molar-refractivity contribution in [2.24, 2.45) is 0 Å². The number of likely N-dealkylation sites (N-methyl/N-ethyl adjacent to an activating group) is 1. The highest BCUT2D eigenvalue weighted by Crippen LogP contribution is 2.22. The molecule has 1 unspecified atom stereocenters. The van der Waals surface area contributed by atoms with E-state index in [2.05, 4.69) is 47.9 Å². The van der Waals surface area contributed by atoms with E-state index >= 15 is 0 Å². The van der Waals surface area contributed by atoms with Gasteiger partial charge in [-0.2, -0.15) is 0 Å². The molecule has 0 aliphatic heterocycles. The van der Waals surface area contributed by atoms with E-state index in [0.29, 0.717) is 6.54 Å². The number of benzene rings is 2. The van der Waals surface area contributed by atoms with Crippen LogP contribution in [0.4, 0.5) is 11.4 Å². The highest BCUT2D eigenvalue weighted by molar-refractivity contribution is 5.49. The highest BCUT2D eigenvalue weighted by Gasteiger charge is 2.13. The summed E-state index contributed by atoms with van der Waals surface area (Å²) < 4.78 is 0. The number of aliphatic hydroxyl groups excluding tert-OH is 1. The maximum absolute atomic E-state index is 10.5. The second-order valence-corrected chi connectivity index (χ2v) is 5.88. The molecular weight excluding hydrogens is 272 g/mol. The maximum Gasteiger partial charge on any atom is 0.0964 e. The van der Waals surface area contributed by atoms with Crippen LogP contribution in [0.25, 0.3) is 0 Å². The molecule has 1 atom stereocenters. The second kappa shape index (κ2) is 7.32. The molecule has 0 bridgehead atoms. The summed E-state index contributed by atoms with van der Waals surface area (Å²) in [5.41, 5.74) is 4.49. The van der Waals surface area contributed by atoms with Gasteiger partial charge in [0.15, 0.2) is 0 Å². The lowest BCUT2D eigenvalue weighted by atomic mass is 10.1. The minimum atomic E-state index is -0.489. The first-order valence-electron chi connectivity index (χ1n) is 7.78. The molecule has 118 valence electrons. The van der Waals surface area contributed by atoms with Crippen molar-refractivity contribution in [1.29, 1.82) is 0 Å². The zero-order valence-corrected chi connectivity index (χ0v) is 14.0. The van der Waals surface area contributed by atoms with E-state index in [4.69, 9.17) is 0 Å². The average molecular weight is 298 g/mol. The number of aliphatic hydroxyl groups is 1. The van der Waals surface area contributed by atoms with Crippen molar-refractivity contribution in [2.75, 3.05) is 37.0 Å². The van der Waals surface area contributed by atoms with Crippen LogP contribution >= 0.6 is 0 Å². The molecule has 0 aliphatic rings. The lowest BCUT2D eigenvalue weighted by Crippen LogP contribution is -2.28. The van der Waals surface area contributed by atoms with Crippen LogP contribution in [0.2, 0.25) is 0 Å². The summed E-state index contributed by atoms with van der Waals surface area (Å²) in [6.07, 6.45) is -0.489. The molecule has 0 spiro atoms. The number of hydrogen-bond acceptors (Lipinski definition) is 3. The largest absolute Gasteiger partial charge is 0.387 e. The monoisotopic (exact) mass is 298 g/mol. The lowest BCUT2D eigenvalue weighted by Gasteiger charge is -2.26. The molecule has 0 aliphatic carbocycles. The molecular formula is C19H26N2O. The normalized spacial score (nSPS) is 12.0. The van der Waals surface area contributed by atoms with Crippen molar-refractivity contribution in [3.8, 4) is 0 Å². The zero-order valence-electron chi connectivity index (χ0n) is 14.0. The minimum absolute atomic E-state index is 0.489. The molecule has 0 saturated heterocycles. The van der Waals surface area contributed by atoms with Gasteiger partial charge in [0.1, 0.15) is 0 Å². The van der Waals surface area contributed by atoms with Crippen molar-refractivity contribution in [3.05, 3.63) is 59.7 Å². The maximum atomic E-state index is 10.5. The van der Waals surface area contributed by atoms with Crippen LogP contribution in [0.1, 0.15) is 24.2 Å². The molecule has 3 heteroatoms. The van der Waals surface area contributed by atoms with Crippen molar-refractivity contribution in [3.63, 3.8) is 0 Å². The summed E-state index contributed by atoms with van der Waals surface area (Å²) in [5, 5.41) is 10.5. The van der Waals surface area contributed by atoms with E-state index in [1.807, 2.05) is 38.4 Å². The fourth-order valence-corrected chi connectivity index (χ4v) is 2.55. The van der Waals surface area contributed by atoms with Crippen LogP contribution in [0.3, 0.4) is 0 Å². The molecule has 0 amide bonds. The van der Waals surface area contributed by atoms with Crippen LogP contribution < -0.4 is 9.80 Å². The van der Waals surface area contributed by atoms with Gasteiger partial charge in [0, 0.05) is 38.6 Å². The third-order valence-electron chi connectivity index (χ3n) is 3.94. The Morgan fingerprint density at radius 1 is 1.00 bits per heavy atom. The van der Waals surface area contributed by atoms with E-state index in [1.165, 1.54) is 5.56 Å². The molecule has 0 fully saturated rings. The topological polar surface area (TPSA) is 26.7 Å². The summed E-state index contributed by atoms with van der Waals surface area (Å²) in [6, 6.07) is 16.5. The number of aryl methyl sites for hydroxylation is 1. The molecule has 0 saturated carbocycles. The van der Waals surface area contributed by atoms with Crippen molar-refractivity contribution < 1.29 is 5.11 Å². The summed E-state index contributed by atoms with van der Waals surface area (Å²) in [5.74, 6) is 0. The predicted molar refractivity (Wildman–Crippen MR) is 94.8 cm³/mol. The second-order valence-electron chi connectivity index (χ2n) is 5.88. The lowest BCUT2D eigenvalue weighted by molar-refractivity contribution is 0.183. The van der Waals surface area contributed by atoms with Crippen LogP contribution in [-0.4, -0.2) is 32.3 Å². The summed E-state index contributed by atoms with van der Waals surface area (Å²) in [7, 11) is 4.03. The molecule has 22 heavy (non-hydrogen) atoms. The molecule has 3 nitrogen and oxygen atoms in total. The standard InChI is InChI=1S/C19H26N2O/c1-5-21(18-8-6-7-15(2)13-18)14-19(22)16-9-11-17(12-10-16)20(3)4/h6-13,19,22H,5,14H2,1-4H3. The predicted octanol–water partition coefficient (Wildman–Crippen LogP) is 3.62. The van der Waals surface area contributed by atoms with E-state index in [-0.39, 0.29) is 0 Å². The summed E-state index contributed by atoms with van der Waals surface area (Å²) >= 11 is 0. The smallest absolute Gasteiger partial charge is 0.0964 e. The van der Waals surface area contributed by atoms with Crippen molar-refractivity contribution >= 4 is 11.4 Å². The van der Waals surface area contributed by atoms with Gasteiger partial charge >= 0.3 is 0 Å². The van der Waals surface area contributed by atoms with E-state index in [1.54, 1.807) is 0 Å². The van der Waals surface area contributed by atoms with Gasteiger partial charge in [-0.1, -0.05) is 24.3 Å². The van der Waals surface area contributed by atoms with Crippen LogP contribution in [-0.2, 0) is 0 Å². The van der Waals surface area contributed by atoms with Gasteiger partial charge in [-0.25, -0.2) is 0 Å². The Hall–Kier alpha value is -2.00. The third kappa shape index (κ3) is 4.01. The number of hydrogen-bond donors (Lipinski definition) is 1. The molecule has 2 aromatic rings. The van der Waals surface area contributed by atoms with Gasteiger partial charge in [-0.15, -0.1) is 0 Å². The first-order chi connectivity index (χ1) is 10.5. The van der Waals surface area contributed by atoms with Crippen LogP contribution in [0.5, 0.6) is 0 Å². The Morgan fingerprint density at radius 3 is 2.23 bits per heavy atom. The molecule has 1 N–H and O–H groups in total. The summed E-state index contributed by atoms with van der Waals surface area (Å²) in [6.45, 7) is 5.68. The number of nitrogens with zero attached hydrogens (tertiary/aromatic N) is 2. The van der Waals surface area contributed by atoms with Gasteiger partial charge in [0.05, 0.1) is 6.10 Å². The van der Waals surface area contributed by atoms with Gasteiger partial charge in [0.2, 0.25) is 0 Å². The minimum Gasteiger partial charge on any atom is -0.387 e. The third-order valence-corrected chi connectivity index (χ3v) is 3.94. The molecule has 2 rings (SSSR count). The van der Waals surface area contributed by atoms with Gasteiger partial charge in [-0.05, 0) is 49.2 Å². The Bertz CT molecular complexity index is 593. The first kappa shape index (κ1) is 16.4. The van der Waals surface area contributed by atoms with Crippen LogP contribution in [0.15, 0.2) is 48.5 Å². The quantitative estimate of drug-likeness (QED) is 0.882. The fraction of sp³-hybridized carbons (Fsp3) is 0.368.